The number of carbonyl (C=O) groups excluding carboxylic acids is 1. The summed E-state index contributed by atoms with van der Waals surface area (Å²) >= 11 is 0. The van der Waals surface area contributed by atoms with Gasteiger partial charge in [0.2, 0.25) is 5.91 Å². The number of nitrogens with two attached hydrogens (primary N) is 1. The molecule has 0 spiro atoms. The number of benzene rings is 1. The lowest BCUT2D eigenvalue weighted by Crippen LogP contribution is -2.34. The molecule has 1 heterocycles. The number of amides is 1. The van der Waals surface area contributed by atoms with Gasteiger partial charge in [-0.1, -0.05) is 6.92 Å². The Morgan fingerprint density at radius 2 is 2.16 bits per heavy atom. The summed E-state index contributed by atoms with van der Waals surface area (Å²) in [5.41, 5.74) is 7.32. The number of carbonyl (C=O) groups is 1. The van der Waals surface area contributed by atoms with Crippen LogP contribution in [0.25, 0.3) is 0 Å². The fraction of sp³-hybridized carbons (Fsp3) is 0.533. The average Bonchev–Trinajstić information content (AvgIpc) is 2.90. The quantitative estimate of drug-likeness (QED) is 0.830. The third kappa shape index (κ3) is 3.70. The average molecular weight is 262 g/mol. The smallest absolute Gasteiger partial charge is 0.229 e. The molecule has 104 valence electrons. The van der Waals surface area contributed by atoms with Gasteiger partial charge in [0.1, 0.15) is 0 Å². The highest BCUT2D eigenvalue weighted by molar-refractivity contribution is 5.93. The van der Waals surface area contributed by atoms with Gasteiger partial charge < -0.3 is 15.4 Å². The minimum Gasteiger partial charge on any atom is -0.399 e. The van der Waals surface area contributed by atoms with Crippen molar-refractivity contribution in [2.24, 2.45) is 0 Å². The van der Waals surface area contributed by atoms with E-state index in [1.807, 2.05) is 29.2 Å². The molecule has 0 saturated carbocycles. The Morgan fingerprint density at radius 3 is 2.74 bits per heavy atom. The lowest BCUT2D eigenvalue weighted by Gasteiger charge is -2.23. The molecule has 4 heteroatoms. The largest absolute Gasteiger partial charge is 0.399 e. The van der Waals surface area contributed by atoms with Gasteiger partial charge in [0.15, 0.2) is 0 Å². The second kappa shape index (κ2) is 6.57. The second-order valence-electron chi connectivity index (χ2n) is 4.98. The molecule has 1 unspecified atom stereocenters. The summed E-state index contributed by atoms with van der Waals surface area (Å²) in [5, 5.41) is 0. The number of anilines is 2. The van der Waals surface area contributed by atoms with E-state index in [0.717, 1.165) is 38.1 Å². The SMILES string of the molecule is CCCN(C(=O)CC1CCCO1)c1ccc(N)cc1. The molecule has 1 aromatic rings. The molecule has 2 N–H and O–H groups in total. The third-order valence-corrected chi connectivity index (χ3v) is 3.38. The van der Waals surface area contributed by atoms with Gasteiger partial charge in [0, 0.05) is 24.5 Å². The number of ether oxygens (including phenoxy) is 1. The Labute approximate surface area is 114 Å². The first-order chi connectivity index (χ1) is 9.20. The van der Waals surface area contributed by atoms with Crippen molar-refractivity contribution in [3.8, 4) is 0 Å². The molecule has 1 amide bonds. The van der Waals surface area contributed by atoms with Crippen LogP contribution in [0.3, 0.4) is 0 Å². The van der Waals surface area contributed by atoms with Crippen LogP contribution in [-0.2, 0) is 9.53 Å². The molecule has 1 aromatic carbocycles. The van der Waals surface area contributed by atoms with Crippen molar-refractivity contribution in [3.05, 3.63) is 24.3 Å². The zero-order chi connectivity index (χ0) is 13.7. The zero-order valence-electron chi connectivity index (χ0n) is 11.5. The molecule has 1 aliphatic rings. The lowest BCUT2D eigenvalue weighted by molar-refractivity contribution is -0.120. The standard InChI is InChI=1S/C15H22N2O2/c1-2-9-17(13-7-5-12(16)6-8-13)15(18)11-14-4-3-10-19-14/h5-8,14H,2-4,9-11,16H2,1H3. The summed E-state index contributed by atoms with van der Waals surface area (Å²) in [5.74, 6) is 0.138. The van der Waals surface area contributed by atoms with Crippen LogP contribution in [0.4, 0.5) is 11.4 Å². The summed E-state index contributed by atoms with van der Waals surface area (Å²) in [6, 6.07) is 7.46. The topological polar surface area (TPSA) is 55.6 Å². The molecule has 2 rings (SSSR count). The first kappa shape index (κ1) is 13.9. The monoisotopic (exact) mass is 262 g/mol. The van der Waals surface area contributed by atoms with Crippen molar-refractivity contribution in [3.63, 3.8) is 0 Å². The van der Waals surface area contributed by atoms with E-state index in [1.165, 1.54) is 0 Å². The molecule has 0 radical (unpaired) electrons. The van der Waals surface area contributed by atoms with Crippen molar-refractivity contribution in [1.82, 2.24) is 0 Å². The van der Waals surface area contributed by atoms with E-state index in [1.54, 1.807) is 0 Å². The summed E-state index contributed by atoms with van der Waals surface area (Å²) < 4.78 is 5.54. The van der Waals surface area contributed by atoms with Crippen LogP contribution in [0.1, 0.15) is 32.6 Å². The van der Waals surface area contributed by atoms with Gasteiger partial charge in [-0.2, -0.15) is 0 Å². The highest BCUT2D eigenvalue weighted by Crippen LogP contribution is 2.21. The third-order valence-electron chi connectivity index (χ3n) is 3.38. The van der Waals surface area contributed by atoms with Crippen molar-refractivity contribution in [1.29, 1.82) is 0 Å². The highest BCUT2D eigenvalue weighted by Gasteiger charge is 2.23. The predicted octanol–water partition coefficient (Wildman–Crippen LogP) is 2.58. The van der Waals surface area contributed by atoms with Crippen LogP contribution in [0.2, 0.25) is 0 Å². The van der Waals surface area contributed by atoms with E-state index < -0.39 is 0 Å². The molecule has 0 aromatic heterocycles. The van der Waals surface area contributed by atoms with E-state index >= 15 is 0 Å². The van der Waals surface area contributed by atoms with Gasteiger partial charge in [-0.3, -0.25) is 4.79 Å². The summed E-state index contributed by atoms with van der Waals surface area (Å²) in [4.78, 5) is 14.2. The Kier molecular flexibility index (Phi) is 4.80. The summed E-state index contributed by atoms with van der Waals surface area (Å²) in [7, 11) is 0. The first-order valence-corrected chi connectivity index (χ1v) is 6.98. The van der Waals surface area contributed by atoms with Crippen LogP contribution < -0.4 is 10.6 Å². The normalized spacial score (nSPS) is 18.5. The minimum atomic E-state index is 0.0978. The van der Waals surface area contributed by atoms with Crippen LogP contribution in [0.15, 0.2) is 24.3 Å². The molecule has 1 atom stereocenters. The minimum absolute atomic E-state index is 0.0978. The van der Waals surface area contributed by atoms with Crippen LogP contribution in [0.5, 0.6) is 0 Å². The highest BCUT2D eigenvalue weighted by atomic mass is 16.5. The number of nitrogens with zero attached hydrogens (tertiary/aromatic N) is 1. The Bertz CT molecular complexity index is 411. The molecule has 0 bridgehead atoms. The van der Waals surface area contributed by atoms with Gasteiger partial charge in [-0.25, -0.2) is 0 Å². The molecular weight excluding hydrogens is 240 g/mol. The van der Waals surface area contributed by atoms with E-state index in [2.05, 4.69) is 6.92 Å². The number of nitrogen functional groups attached to an aromatic ring is 1. The molecule has 1 fully saturated rings. The van der Waals surface area contributed by atoms with Crippen molar-refractivity contribution in [2.75, 3.05) is 23.8 Å². The van der Waals surface area contributed by atoms with Crippen molar-refractivity contribution >= 4 is 17.3 Å². The van der Waals surface area contributed by atoms with Crippen LogP contribution >= 0.6 is 0 Å². The maximum Gasteiger partial charge on any atom is 0.229 e. The molecule has 1 aliphatic heterocycles. The molecular formula is C15H22N2O2. The number of rotatable bonds is 5. The maximum absolute atomic E-state index is 12.4. The molecule has 0 aliphatic carbocycles. The Hall–Kier alpha value is -1.55. The van der Waals surface area contributed by atoms with Gasteiger partial charge >= 0.3 is 0 Å². The number of hydrogen-bond donors (Lipinski definition) is 1. The van der Waals surface area contributed by atoms with Gasteiger partial charge in [-0.15, -0.1) is 0 Å². The summed E-state index contributed by atoms with van der Waals surface area (Å²) in [6.45, 7) is 3.59. The maximum atomic E-state index is 12.4. The van der Waals surface area contributed by atoms with Crippen molar-refractivity contribution < 1.29 is 9.53 Å². The van der Waals surface area contributed by atoms with Crippen LogP contribution in [-0.4, -0.2) is 25.2 Å². The van der Waals surface area contributed by atoms with Gasteiger partial charge in [0.05, 0.1) is 12.5 Å². The predicted molar refractivity (Wildman–Crippen MR) is 77.1 cm³/mol. The van der Waals surface area contributed by atoms with E-state index in [9.17, 15) is 4.79 Å². The lowest BCUT2D eigenvalue weighted by atomic mass is 10.1. The van der Waals surface area contributed by atoms with Crippen LogP contribution in [0, 0.1) is 0 Å². The van der Waals surface area contributed by atoms with E-state index in [-0.39, 0.29) is 12.0 Å². The van der Waals surface area contributed by atoms with Gasteiger partial charge in [-0.05, 0) is 43.5 Å². The second-order valence-corrected chi connectivity index (χ2v) is 4.98. The zero-order valence-corrected chi connectivity index (χ0v) is 11.5. The van der Waals surface area contributed by atoms with Gasteiger partial charge in [0.25, 0.3) is 0 Å². The Balaban J connectivity index is 2.05. The van der Waals surface area contributed by atoms with E-state index in [0.29, 0.717) is 12.1 Å². The molecule has 4 nitrogen and oxygen atoms in total. The first-order valence-electron chi connectivity index (χ1n) is 6.98. The number of hydrogen-bond acceptors (Lipinski definition) is 3. The Morgan fingerprint density at radius 1 is 1.42 bits per heavy atom. The van der Waals surface area contributed by atoms with E-state index in [4.69, 9.17) is 10.5 Å². The van der Waals surface area contributed by atoms with Crippen molar-refractivity contribution in [2.45, 2.75) is 38.7 Å². The molecule has 19 heavy (non-hydrogen) atoms. The molecule has 1 saturated heterocycles. The summed E-state index contributed by atoms with van der Waals surface area (Å²) in [6.07, 6.45) is 3.56. The fourth-order valence-corrected chi connectivity index (χ4v) is 2.39. The fourth-order valence-electron chi connectivity index (χ4n) is 2.39.